The number of amides is 1. The first-order chi connectivity index (χ1) is 11.3. The van der Waals surface area contributed by atoms with Gasteiger partial charge in [-0.1, -0.05) is 45.8 Å². The Bertz CT molecular complexity index is 799. The highest BCUT2D eigenvalue weighted by Crippen LogP contribution is 2.15. The minimum absolute atomic E-state index is 0.0246. The Morgan fingerprint density at radius 2 is 1.62 bits per heavy atom. The molecule has 128 valence electrons. The zero-order valence-corrected chi connectivity index (χ0v) is 16.1. The Balaban J connectivity index is 1.94. The highest BCUT2D eigenvalue weighted by molar-refractivity contribution is 9.10. The van der Waals surface area contributed by atoms with Crippen LogP contribution < -0.4 is 0 Å². The summed E-state index contributed by atoms with van der Waals surface area (Å²) in [7, 11) is -1.75. The molecule has 2 aromatic rings. The molecule has 6 heteroatoms. The summed E-state index contributed by atoms with van der Waals surface area (Å²) in [6.45, 7) is 2.35. The Morgan fingerprint density at radius 1 is 1.04 bits per heavy atom. The van der Waals surface area contributed by atoms with Crippen LogP contribution in [0.25, 0.3) is 0 Å². The number of carbonyl (C=O) groups is 1. The van der Waals surface area contributed by atoms with Crippen molar-refractivity contribution < 1.29 is 13.2 Å². The van der Waals surface area contributed by atoms with Crippen LogP contribution in [-0.4, -0.2) is 32.0 Å². The van der Waals surface area contributed by atoms with E-state index in [-0.39, 0.29) is 23.0 Å². The zero-order chi connectivity index (χ0) is 17.7. The molecule has 0 heterocycles. The lowest BCUT2D eigenvalue weighted by molar-refractivity contribution is -0.130. The van der Waals surface area contributed by atoms with Crippen molar-refractivity contribution in [2.45, 2.75) is 24.8 Å². The van der Waals surface area contributed by atoms with E-state index in [1.54, 1.807) is 36.2 Å². The summed E-state index contributed by atoms with van der Waals surface area (Å²) in [5.74, 6) is -0.367. The molecule has 0 aliphatic rings. The van der Waals surface area contributed by atoms with E-state index in [9.17, 15) is 13.2 Å². The topological polar surface area (TPSA) is 54.5 Å². The number of rotatable bonds is 6. The van der Waals surface area contributed by atoms with Crippen molar-refractivity contribution in [3.63, 3.8) is 0 Å². The lowest BCUT2D eigenvalue weighted by Gasteiger charge is -2.17. The molecular weight excluding hydrogens is 390 g/mol. The fourth-order valence-electron chi connectivity index (χ4n) is 2.23. The van der Waals surface area contributed by atoms with Gasteiger partial charge < -0.3 is 4.90 Å². The molecule has 0 fully saturated rings. The number of sulfone groups is 1. The van der Waals surface area contributed by atoms with E-state index in [2.05, 4.69) is 15.9 Å². The molecule has 0 saturated heterocycles. The second-order valence-electron chi connectivity index (χ2n) is 5.76. The van der Waals surface area contributed by atoms with Gasteiger partial charge in [0.15, 0.2) is 9.84 Å². The first kappa shape index (κ1) is 18.7. The van der Waals surface area contributed by atoms with Crippen molar-refractivity contribution in [3.8, 4) is 0 Å². The van der Waals surface area contributed by atoms with Gasteiger partial charge in [0.1, 0.15) is 0 Å². The number of benzene rings is 2. The highest BCUT2D eigenvalue weighted by atomic mass is 79.9. The molecule has 0 radical (unpaired) electrons. The monoisotopic (exact) mass is 409 g/mol. The van der Waals surface area contributed by atoms with Crippen LogP contribution in [-0.2, 0) is 21.2 Å². The van der Waals surface area contributed by atoms with Crippen LogP contribution in [0.5, 0.6) is 0 Å². The van der Waals surface area contributed by atoms with Crippen molar-refractivity contribution >= 4 is 31.7 Å². The molecule has 0 aromatic heterocycles. The summed E-state index contributed by atoms with van der Waals surface area (Å²) in [4.78, 5) is 14.0. The van der Waals surface area contributed by atoms with Crippen LogP contribution in [0, 0.1) is 6.92 Å². The molecular formula is C18H20BrNO3S. The molecule has 1 amide bonds. The molecule has 0 spiro atoms. The fourth-order valence-corrected chi connectivity index (χ4v) is 3.72. The molecule has 0 unspecified atom stereocenters. The van der Waals surface area contributed by atoms with E-state index in [1.165, 1.54) is 0 Å². The summed E-state index contributed by atoms with van der Waals surface area (Å²) in [6, 6.07) is 14.4. The summed E-state index contributed by atoms with van der Waals surface area (Å²) in [5.41, 5.74) is 2.00. The van der Waals surface area contributed by atoms with Gasteiger partial charge in [-0.2, -0.15) is 0 Å². The van der Waals surface area contributed by atoms with E-state index in [0.717, 1.165) is 15.6 Å². The van der Waals surface area contributed by atoms with Gasteiger partial charge in [-0.15, -0.1) is 0 Å². The van der Waals surface area contributed by atoms with Crippen LogP contribution in [0.15, 0.2) is 57.9 Å². The lowest BCUT2D eigenvalue weighted by atomic mass is 10.2. The summed E-state index contributed by atoms with van der Waals surface area (Å²) in [6.07, 6.45) is -0.0246. The van der Waals surface area contributed by atoms with Gasteiger partial charge in [0.05, 0.1) is 10.6 Å². The molecule has 0 aliphatic carbocycles. The third-order valence-corrected chi connectivity index (χ3v) is 5.98. The first-order valence-corrected chi connectivity index (χ1v) is 10.0. The third-order valence-electron chi connectivity index (χ3n) is 3.72. The molecule has 24 heavy (non-hydrogen) atoms. The lowest BCUT2D eigenvalue weighted by Crippen LogP contribution is -2.28. The van der Waals surface area contributed by atoms with Gasteiger partial charge >= 0.3 is 0 Å². The predicted molar refractivity (Wildman–Crippen MR) is 98.5 cm³/mol. The van der Waals surface area contributed by atoms with Crippen molar-refractivity contribution in [2.24, 2.45) is 0 Å². The zero-order valence-electron chi connectivity index (χ0n) is 13.7. The molecule has 0 bridgehead atoms. The smallest absolute Gasteiger partial charge is 0.223 e. The van der Waals surface area contributed by atoms with E-state index in [0.29, 0.717) is 6.54 Å². The Morgan fingerprint density at radius 3 is 2.21 bits per heavy atom. The summed E-state index contributed by atoms with van der Waals surface area (Å²) in [5, 5.41) is 0. The summed E-state index contributed by atoms with van der Waals surface area (Å²) >= 11 is 3.37. The van der Waals surface area contributed by atoms with Gasteiger partial charge in [-0.25, -0.2) is 8.42 Å². The van der Waals surface area contributed by atoms with E-state index in [4.69, 9.17) is 0 Å². The summed E-state index contributed by atoms with van der Waals surface area (Å²) < 4.78 is 25.6. The van der Waals surface area contributed by atoms with Crippen LogP contribution in [0.4, 0.5) is 0 Å². The van der Waals surface area contributed by atoms with Crippen LogP contribution in [0.3, 0.4) is 0 Å². The van der Waals surface area contributed by atoms with Crippen LogP contribution >= 0.6 is 15.9 Å². The van der Waals surface area contributed by atoms with Gasteiger partial charge in [0.25, 0.3) is 0 Å². The van der Waals surface area contributed by atoms with E-state index in [1.807, 2.05) is 31.2 Å². The fraction of sp³-hybridized carbons (Fsp3) is 0.278. The first-order valence-electron chi connectivity index (χ1n) is 7.56. The predicted octanol–water partition coefficient (Wildman–Crippen LogP) is 3.58. The third kappa shape index (κ3) is 5.18. The average molecular weight is 410 g/mol. The minimum atomic E-state index is -3.44. The van der Waals surface area contributed by atoms with Gasteiger partial charge in [0, 0.05) is 24.5 Å². The second-order valence-corrected chi connectivity index (χ2v) is 8.78. The van der Waals surface area contributed by atoms with E-state index < -0.39 is 9.84 Å². The number of hydrogen-bond acceptors (Lipinski definition) is 3. The van der Waals surface area contributed by atoms with Crippen LogP contribution in [0.1, 0.15) is 17.5 Å². The quantitative estimate of drug-likeness (QED) is 0.732. The normalized spacial score (nSPS) is 11.3. The standard InChI is InChI=1S/C18H20BrNO3S/c1-14-3-9-17(10-4-14)24(22,23)12-11-18(21)20(2)13-15-5-7-16(19)8-6-15/h3-10H,11-13H2,1-2H3. The van der Waals surface area contributed by atoms with Crippen molar-refractivity contribution in [2.75, 3.05) is 12.8 Å². The average Bonchev–Trinajstić information content (AvgIpc) is 2.55. The maximum absolute atomic E-state index is 12.3. The number of carbonyl (C=O) groups excluding carboxylic acids is 1. The number of aryl methyl sites for hydroxylation is 1. The molecule has 2 rings (SSSR count). The number of hydrogen-bond donors (Lipinski definition) is 0. The molecule has 0 atom stereocenters. The Labute approximate surface area is 151 Å². The van der Waals surface area contributed by atoms with Gasteiger partial charge in [0.2, 0.25) is 5.91 Å². The molecule has 0 aliphatic heterocycles. The number of halogens is 1. The maximum atomic E-state index is 12.3. The van der Waals surface area contributed by atoms with E-state index >= 15 is 0 Å². The van der Waals surface area contributed by atoms with Crippen molar-refractivity contribution in [3.05, 3.63) is 64.1 Å². The van der Waals surface area contributed by atoms with Crippen molar-refractivity contribution in [1.82, 2.24) is 4.90 Å². The molecule has 4 nitrogen and oxygen atoms in total. The Hall–Kier alpha value is -1.66. The van der Waals surface area contributed by atoms with Crippen molar-refractivity contribution in [1.29, 1.82) is 0 Å². The van der Waals surface area contributed by atoms with Gasteiger partial charge in [-0.3, -0.25) is 4.79 Å². The highest BCUT2D eigenvalue weighted by Gasteiger charge is 2.18. The SMILES string of the molecule is Cc1ccc(S(=O)(=O)CCC(=O)N(C)Cc2ccc(Br)cc2)cc1. The number of nitrogens with zero attached hydrogens (tertiary/aromatic N) is 1. The minimum Gasteiger partial charge on any atom is -0.341 e. The second kappa shape index (κ2) is 7.94. The Kier molecular flexibility index (Phi) is 6.18. The molecule has 0 saturated carbocycles. The van der Waals surface area contributed by atoms with Crippen LogP contribution in [0.2, 0.25) is 0 Å². The maximum Gasteiger partial charge on any atom is 0.223 e. The van der Waals surface area contributed by atoms with Gasteiger partial charge in [-0.05, 0) is 36.8 Å². The molecule has 0 N–H and O–H groups in total. The largest absolute Gasteiger partial charge is 0.341 e. The molecule has 2 aromatic carbocycles.